The fraction of sp³-hybridized carbons (Fsp3) is 0.222. The monoisotopic (exact) mass is 551 g/mol. The predicted octanol–water partition coefficient (Wildman–Crippen LogP) is 5.05. The number of furan rings is 1. The Hall–Kier alpha value is -4.94. The zero-order valence-electron chi connectivity index (χ0n) is 21.7. The van der Waals surface area contributed by atoms with Crippen molar-refractivity contribution in [2.75, 3.05) is 5.32 Å². The molecule has 0 spiro atoms. The van der Waals surface area contributed by atoms with Crippen molar-refractivity contribution in [2.24, 2.45) is 7.05 Å². The molecule has 0 bridgehead atoms. The van der Waals surface area contributed by atoms with Gasteiger partial charge in [-0.3, -0.25) is 14.3 Å². The van der Waals surface area contributed by atoms with Gasteiger partial charge in [0.25, 0.3) is 11.8 Å². The summed E-state index contributed by atoms with van der Waals surface area (Å²) in [6.45, 7) is 4.13. The number of hydrogen-bond donors (Lipinski definition) is 2. The van der Waals surface area contributed by atoms with Crippen molar-refractivity contribution < 1.29 is 27.2 Å². The molecule has 0 atom stereocenters. The topological polar surface area (TPSA) is 119 Å². The maximum atomic E-state index is 14.0. The van der Waals surface area contributed by atoms with Gasteiger partial charge in [0.1, 0.15) is 5.76 Å². The van der Waals surface area contributed by atoms with Crippen LogP contribution in [0.15, 0.2) is 65.4 Å². The molecular formula is C27H24F3N7O3. The van der Waals surface area contributed by atoms with E-state index < -0.39 is 23.7 Å². The minimum Gasteiger partial charge on any atom is -0.467 e. The average molecular weight is 552 g/mol. The summed E-state index contributed by atoms with van der Waals surface area (Å²) in [7, 11) is 1.55. The first-order valence-electron chi connectivity index (χ1n) is 12.2. The largest absolute Gasteiger partial charge is 0.467 e. The van der Waals surface area contributed by atoms with E-state index in [0.717, 1.165) is 17.7 Å². The molecule has 0 unspecified atom stereocenters. The van der Waals surface area contributed by atoms with Gasteiger partial charge in [-0.1, -0.05) is 38.1 Å². The molecule has 0 fully saturated rings. The molecule has 1 aromatic carbocycles. The number of hydrogen-bond acceptors (Lipinski definition) is 6. The zero-order valence-corrected chi connectivity index (χ0v) is 21.7. The third-order valence-corrected chi connectivity index (χ3v) is 6.12. The van der Waals surface area contributed by atoms with E-state index in [1.165, 1.54) is 17.1 Å². The van der Waals surface area contributed by atoms with Crippen molar-refractivity contribution in [3.8, 4) is 11.3 Å². The highest BCUT2D eigenvalue weighted by molar-refractivity contribution is 6.07. The molecule has 13 heteroatoms. The molecule has 206 valence electrons. The molecule has 0 aliphatic heterocycles. The number of aromatic nitrogens is 5. The molecule has 10 nitrogen and oxygen atoms in total. The van der Waals surface area contributed by atoms with Crippen LogP contribution in [0.1, 0.15) is 57.8 Å². The van der Waals surface area contributed by atoms with Crippen LogP contribution in [0.5, 0.6) is 0 Å². The van der Waals surface area contributed by atoms with Gasteiger partial charge < -0.3 is 15.1 Å². The second-order valence-corrected chi connectivity index (χ2v) is 9.38. The van der Waals surface area contributed by atoms with Crippen LogP contribution in [0.25, 0.3) is 16.9 Å². The van der Waals surface area contributed by atoms with Gasteiger partial charge in [-0.25, -0.2) is 9.50 Å². The molecule has 0 saturated heterocycles. The summed E-state index contributed by atoms with van der Waals surface area (Å²) in [6, 6.07) is 12.5. The predicted molar refractivity (Wildman–Crippen MR) is 139 cm³/mol. The smallest absolute Gasteiger partial charge is 0.433 e. The van der Waals surface area contributed by atoms with Gasteiger partial charge in [-0.2, -0.15) is 23.4 Å². The van der Waals surface area contributed by atoms with Crippen molar-refractivity contribution in [3.05, 3.63) is 89.4 Å². The maximum absolute atomic E-state index is 14.0. The molecule has 0 radical (unpaired) electrons. The second kappa shape index (κ2) is 10.3. The van der Waals surface area contributed by atoms with Gasteiger partial charge in [0.2, 0.25) is 0 Å². The first-order chi connectivity index (χ1) is 19.0. The number of halogens is 3. The Balaban J connectivity index is 1.44. The van der Waals surface area contributed by atoms with Crippen LogP contribution >= 0.6 is 0 Å². The number of anilines is 1. The first kappa shape index (κ1) is 26.7. The number of amides is 2. The third kappa shape index (κ3) is 5.44. The van der Waals surface area contributed by atoms with Crippen LogP contribution in [0.3, 0.4) is 0 Å². The summed E-state index contributed by atoms with van der Waals surface area (Å²) < 4.78 is 49.1. The lowest BCUT2D eigenvalue weighted by molar-refractivity contribution is -0.142. The first-order valence-corrected chi connectivity index (χ1v) is 12.2. The minimum atomic E-state index is -4.77. The summed E-state index contributed by atoms with van der Waals surface area (Å²) in [5, 5.41) is 13.1. The number of nitrogens with zero attached hydrogens (tertiary/aromatic N) is 5. The van der Waals surface area contributed by atoms with Crippen LogP contribution in [-0.4, -0.2) is 36.2 Å². The van der Waals surface area contributed by atoms with E-state index in [1.54, 1.807) is 31.3 Å². The lowest BCUT2D eigenvalue weighted by Gasteiger charge is -2.11. The number of fused-ring (bicyclic) bond motifs is 1. The molecule has 2 amide bonds. The van der Waals surface area contributed by atoms with Crippen molar-refractivity contribution in [1.82, 2.24) is 29.7 Å². The average Bonchev–Trinajstić information content (AvgIpc) is 3.66. The van der Waals surface area contributed by atoms with Crippen LogP contribution < -0.4 is 10.6 Å². The lowest BCUT2D eigenvalue weighted by Crippen LogP contribution is -2.25. The molecule has 5 rings (SSSR count). The quantitative estimate of drug-likeness (QED) is 0.292. The van der Waals surface area contributed by atoms with Crippen molar-refractivity contribution >= 4 is 23.1 Å². The number of rotatable bonds is 7. The minimum absolute atomic E-state index is 0.0523. The Morgan fingerprint density at radius 3 is 2.45 bits per heavy atom. The Labute approximate surface area is 225 Å². The van der Waals surface area contributed by atoms with Crippen molar-refractivity contribution in [3.63, 3.8) is 0 Å². The van der Waals surface area contributed by atoms with E-state index in [2.05, 4.69) is 25.8 Å². The molecule has 0 aliphatic carbocycles. The number of carbonyl (C=O) groups excluding carboxylic acids is 2. The molecular weight excluding hydrogens is 527 g/mol. The third-order valence-electron chi connectivity index (χ3n) is 6.12. The number of nitrogens with one attached hydrogen (secondary N) is 2. The van der Waals surface area contributed by atoms with E-state index in [-0.39, 0.29) is 40.9 Å². The standard InChI is InChI=1S/C27H24F3N7O3/c1-15(2)16-6-8-17(9-7-16)19-11-22(27(28,29)30)37-23(32-19)12-20(34-37)25(38)33-21-14-36(3)35-24(21)26(39)31-13-18-5-4-10-40-18/h4-12,14-15H,13H2,1-3H3,(H,31,39)(H,33,38). The summed E-state index contributed by atoms with van der Waals surface area (Å²) >= 11 is 0. The van der Waals surface area contributed by atoms with Crippen molar-refractivity contribution in [2.45, 2.75) is 32.5 Å². The summed E-state index contributed by atoms with van der Waals surface area (Å²) in [6.07, 6.45) is -1.91. The van der Waals surface area contributed by atoms with Crippen LogP contribution in [0, 0.1) is 0 Å². The molecule has 4 heterocycles. The summed E-state index contributed by atoms with van der Waals surface area (Å²) in [5.74, 6) is -0.651. The van der Waals surface area contributed by atoms with Crippen LogP contribution in [0.4, 0.5) is 18.9 Å². The number of carbonyl (C=O) groups is 2. The normalized spacial score (nSPS) is 11.8. The number of alkyl halides is 3. The van der Waals surface area contributed by atoms with Crippen LogP contribution in [0.2, 0.25) is 0 Å². The highest BCUT2D eigenvalue weighted by atomic mass is 19.4. The van der Waals surface area contributed by atoms with Gasteiger partial charge in [-0.05, 0) is 29.7 Å². The van der Waals surface area contributed by atoms with Gasteiger partial charge in [0, 0.05) is 24.9 Å². The molecule has 0 saturated carbocycles. The second-order valence-electron chi connectivity index (χ2n) is 9.38. The molecule has 5 aromatic rings. The number of benzene rings is 1. The fourth-order valence-electron chi connectivity index (χ4n) is 4.07. The highest BCUT2D eigenvalue weighted by Gasteiger charge is 2.36. The van der Waals surface area contributed by atoms with Crippen LogP contribution in [-0.2, 0) is 19.8 Å². The Bertz CT molecular complexity index is 1690. The van der Waals surface area contributed by atoms with Gasteiger partial charge >= 0.3 is 6.18 Å². The van der Waals surface area contributed by atoms with Gasteiger partial charge in [-0.15, -0.1) is 0 Å². The fourth-order valence-corrected chi connectivity index (χ4v) is 4.07. The Morgan fingerprint density at radius 1 is 1.05 bits per heavy atom. The van der Waals surface area contributed by atoms with E-state index in [4.69, 9.17) is 4.42 Å². The lowest BCUT2D eigenvalue weighted by atomic mass is 10.0. The van der Waals surface area contributed by atoms with E-state index >= 15 is 0 Å². The molecule has 40 heavy (non-hydrogen) atoms. The van der Waals surface area contributed by atoms with Gasteiger partial charge in [0.15, 0.2) is 22.7 Å². The SMILES string of the molecule is CC(C)c1ccc(-c2cc(C(F)(F)F)n3nc(C(=O)Nc4cn(C)nc4C(=O)NCc4ccco4)cc3n2)cc1. The van der Waals surface area contributed by atoms with Crippen molar-refractivity contribution in [1.29, 1.82) is 0 Å². The van der Waals surface area contributed by atoms with E-state index in [1.807, 2.05) is 26.0 Å². The highest BCUT2D eigenvalue weighted by Crippen LogP contribution is 2.33. The van der Waals surface area contributed by atoms with Gasteiger partial charge in [0.05, 0.1) is 24.2 Å². The summed E-state index contributed by atoms with van der Waals surface area (Å²) in [4.78, 5) is 30.1. The molecule has 2 N–H and O–H groups in total. The number of aryl methyl sites for hydroxylation is 1. The van der Waals surface area contributed by atoms with E-state index in [0.29, 0.717) is 15.8 Å². The maximum Gasteiger partial charge on any atom is 0.433 e. The summed E-state index contributed by atoms with van der Waals surface area (Å²) in [5.41, 5.74) is 0.00726. The van der Waals surface area contributed by atoms with E-state index in [9.17, 15) is 22.8 Å². The zero-order chi connectivity index (χ0) is 28.6. The Kier molecular flexibility index (Phi) is 6.88. The Morgan fingerprint density at radius 2 is 1.80 bits per heavy atom. The molecule has 4 aromatic heterocycles. The molecule has 0 aliphatic rings.